The van der Waals surface area contributed by atoms with Gasteiger partial charge in [0.25, 0.3) is 5.89 Å². The molecule has 0 aliphatic rings. The van der Waals surface area contributed by atoms with Crippen LogP contribution in [-0.2, 0) is 6.42 Å². The highest BCUT2D eigenvalue weighted by atomic mass is 35.5. The maximum Gasteiger partial charge on any atom is 0.270 e. The van der Waals surface area contributed by atoms with Gasteiger partial charge in [-0.25, -0.2) is 4.98 Å². The first-order valence-corrected chi connectivity index (χ1v) is 7.22. The normalized spacial score (nSPS) is 10.9. The summed E-state index contributed by atoms with van der Waals surface area (Å²) in [6.07, 6.45) is 0.766. The average Bonchev–Trinajstić information content (AvgIpc) is 3.05. The quantitative estimate of drug-likeness (QED) is 0.799. The Kier molecular flexibility index (Phi) is 3.42. The molecule has 0 amide bonds. The van der Waals surface area contributed by atoms with Crippen LogP contribution in [0, 0.1) is 0 Å². The van der Waals surface area contributed by atoms with Gasteiger partial charge in [0.15, 0.2) is 5.13 Å². The number of hydrogen-bond acceptors (Lipinski definition) is 6. The van der Waals surface area contributed by atoms with E-state index in [1.807, 2.05) is 19.1 Å². The van der Waals surface area contributed by atoms with Crippen LogP contribution in [0.15, 0.2) is 28.8 Å². The van der Waals surface area contributed by atoms with Crippen molar-refractivity contribution in [2.24, 2.45) is 0 Å². The highest BCUT2D eigenvalue weighted by Crippen LogP contribution is 2.32. The van der Waals surface area contributed by atoms with Crippen LogP contribution in [-0.4, -0.2) is 15.1 Å². The third-order valence-corrected chi connectivity index (χ3v) is 3.94. The number of nitrogen functional groups attached to an aromatic ring is 1. The van der Waals surface area contributed by atoms with E-state index in [0.29, 0.717) is 21.9 Å². The molecule has 0 spiro atoms. The highest BCUT2D eigenvalue weighted by molar-refractivity contribution is 7.18. The number of hydrogen-bond donors (Lipinski definition) is 1. The number of rotatable bonds is 3. The Hall–Kier alpha value is -1.92. The summed E-state index contributed by atoms with van der Waals surface area (Å²) in [4.78, 5) is 9.48. The van der Waals surface area contributed by atoms with E-state index in [-0.39, 0.29) is 0 Å². The van der Waals surface area contributed by atoms with Gasteiger partial charge in [-0.1, -0.05) is 35.0 Å². The molecule has 0 atom stereocenters. The molecule has 0 aliphatic carbocycles. The third-order valence-electron chi connectivity index (χ3n) is 2.77. The van der Waals surface area contributed by atoms with Crippen LogP contribution in [0.3, 0.4) is 0 Å². The van der Waals surface area contributed by atoms with Crippen LogP contribution in [0.4, 0.5) is 5.13 Å². The lowest BCUT2D eigenvalue weighted by Crippen LogP contribution is -1.86. The van der Waals surface area contributed by atoms with Gasteiger partial charge in [0, 0.05) is 10.6 Å². The van der Waals surface area contributed by atoms with Gasteiger partial charge in [-0.15, -0.1) is 0 Å². The number of aromatic nitrogens is 3. The topological polar surface area (TPSA) is 77.8 Å². The van der Waals surface area contributed by atoms with Gasteiger partial charge < -0.3 is 10.3 Å². The van der Waals surface area contributed by atoms with Gasteiger partial charge in [-0.3, -0.25) is 0 Å². The third kappa shape index (κ3) is 2.39. The summed E-state index contributed by atoms with van der Waals surface area (Å²) in [6, 6.07) is 7.27. The minimum atomic E-state index is 0.445. The van der Waals surface area contributed by atoms with Gasteiger partial charge in [0.05, 0.1) is 5.69 Å². The fraction of sp³-hybridized carbons (Fsp3) is 0.154. The summed E-state index contributed by atoms with van der Waals surface area (Å²) >= 11 is 7.21. The van der Waals surface area contributed by atoms with E-state index in [4.69, 9.17) is 21.9 Å². The van der Waals surface area contributed by atoms with Crippen LogP contribution >= 0.6 is 22.9 Å². The number of anilines is 1. The lowest BCUT2D eigenvalue weighted by molar-refractivity contribution is 0.433. The SMILES string of the molecule is CCc1nc(N)sc1-c1nc(-c2ccc(Cl)cc2)no1. The predicted octanol–water partition coefficient (Wildman–Crippen LogP) is 3.66. The number of nitrogens with two attached hydrogens (primary N) is 1. The molecular weight excluding hydrogens is 296 g/mol. The number of halogens is 1. The Morgan fingerprint density at radius 2 is 2.00 bits per heavy atom. The van der Waals surface area contributed by atoms with Crippen molar-refractivity contribution in [3.63, 3.8) is 0 Å². The first-order chi connectivity index (χ1) is 9.67. The molecule has 0 bridgehead atoms. The average molecular weight is 307 g/mol. The van der Waals surface area contributed by atoms with Gasteiger partial charge in [-0.2, -0.15) is 4.98 Å². The summed E-state index contributed by atoms with van der Waals surface area (Å²) in [5.74, 6) is 0.965. The first-order valence-electron chi connectivity index (χ1n) is 6.02. The minimum absolute atomic E-state index is 0.445. The van der Waals surface area contributed by atoms with Crippen molar-refractivity contribution in [2.75, 3.05) is 5.73 Å². The maximum absolute atomic E-state index is 5.86. The Balaban J connectivity index is 1.99. The number of nitrogens with zero attached hydrogens (tertiary/aromatic N) is 3. The monoisotopic (exact) mass is 306 g/mol. The van der Waals surface area contributed by atoms with Crippen LogP contribution in [0.5, 0.6) is 0 Å². The van der Waals surface area contributed by atoms with E-state index in [1.54, 1.807) is 12.1 Å². The van der Waals surface area contributed by atoms with E-state index < -0.39 is 0 Å². The number of aryl methyl sites for hydroxylation is 1. The van der Waals surface area contributed by atoms with E-state index in [9.17, 15) is 0 Å². The molecule has 0 fully saturated rings. The van der Waals surface area contributed by atoms with Gasteiger partial charge in [-0.05, 0) is 30.7 Å². The molecular formula is C13H11ClN4OS. The van der Waals surface area contributed by atoms with Crippen molar-refractivity contribution in [2.45, 2.75) is 13.3 Å². The van der Waals surface area contributed by atoms with Crippen molar-refractivity contribution in [3.05, 3.63) is 35.0 Å². The van der Waals surface area contributed by atoms with E-state index in [1.165, 1.54) is 11.3 Å². The molecule has 2 aromatic heterocycles. The van der Waals surface area contributed by atoms with E-state index in [2.05, 4.69) is 15.1 Å². The second-order valence-electron chi connectivity index (χ2n) is 4.11. The molecule has 20 heavy (non-hydrogen) atoms. The van der Waals surface area contributed by atoms with Crippen LogP contribution in [0.25, 0.3) is 22.2 Å². The van der Waals surface area contributed by atoms with E-state index in [0.717, 1.165) is 22.6 Å². The lowest BCUT2D eigenvalue weighted by atomic mass is 10.2. The van der Waals surface area contributed by atoms with Crippen molar-refractivity contribution in [1.82, 2.24) is 15.1 Å². The summed E-state index contributed by atoms with van der Waals surface area (Å²) in [5.41, 5.74) is 7.45. The smallest absolute Gasteiger partial charge is 0.270 e. The standard InChI is InChI=1S/C13H11ClN4OS/c1-2-9-10(20-13(15)16-9)12-17-11(18-19-12)7-3-5-8(14)6-4-7/h3-6H,2H2,1H3,(H2,15,16). The van der Waals surface area contributed by atoms with Crippen LogP contribution in [0.2, 0.25) is 5.02 Å². The van der Waals surface area contributed by atoms with Gasteiger partial charge >= 0.3 is 0 Å². The molecule has 5 nitrogen and oxygen atoms in total. The summed E-state index contributed by atoms with van der Waals surface area (Å²) < 4.78 is 5.31. The summed E-state index contributed by atoms with van der Waals surface area (Å²) in [6.45, 7) is 2.01. The zero-order valence-electron chi connectivity index (χ0n) is 10.6. The number of benzene rings is 1. The summed E-state index contributed by atoms with van der Waals surface area (Å²) in [7, 11) is 0. The zero-order valence-corrected chi connectivity index (χ0v) is 12.2. The molecule has 7 heteroatoms. The molecule has 0 aliphatic heterocycles. The molecule has 2 heterocycles. The maximum atomic E-state index is 5.86. The molecule has 102 valence electrons. The Morgan fingerprint density at radius 1 is 1.25 bits per heavy atom. The van der Waals surface area contributed by atoms with Gasteiger partial charge in [0.2, 0.25) is 5.82 Å². The second kappa shape index (κ2) is 5.22. The fourth-order valence-electron chi connectivity index (χ4n) is 1.81. The Bertz CT molecular complexity index is 735. The molecule has 2 N–H and O–H groups in total. The highest BCUT2D eigenvalue weighted by Gasteiger charge is 2.17. The molecule has 0 unspecified atom stereocenters. The Labute approximate surface area is 124 Å². The van der Waals surface area contributed by atoms with Crippen molar-refractivity contribution in [3.8, 4) is 22.2 Å². The first kappa shape index (κ1) is 13.1. The van der Waals surface area contributed by atoms with Crippen molar-refractivity contribution in [1.29, 1.82) is 0 Å². The predicted molar refractivity (Wildman–Crippen MR) is 79.6 cm³/mol. The second-order valence-corrected chi connectivity index (χ2v) is 5.58. The van der Waals surface area contributed by atoms with E-state index >= 15 is 0 Å². The largest absolute Gasteiger partial charge is 0.375 e. The van der Waals surface area contributed by atoms with Crippen molar-refractivity contribution < 1.29 is 4.52 Å². The van der Waals surface area contributed by atoms with Crippen LogP contribution in [0.1, 0.15) is 12.6 Å². The van der Waals surface area contributed by atoms with Crippen molar-refractivity contribution >= 4 is 28.1 Å². The number of thiazole rings is 1. The fourth-order valence-corrected chi connectivity index (χ4v) is 2.78. The molecule has 0 radical (unpaired) electrons. The molecule has 0 saturated heterocycles. The Morgan fingerprint density at radius 3 is 2.70 bits per heavy atom. The molecule has 0 saturated carbocycles. The molecule has 1 aromatic carbocycles. The van der Waals surface area contributed by atoms with Crippen LogP contribution < -0.4 is 5.73 Å². The minimum Gasteiger partial charge on any atom is -0.375 e. The zero-order chi connectivity index (χ0) is 14.1. The molecule has 3 rings (SSSR count). The molecule has 3 aromatic rings. The lowest BCUT2D eigenvalue weighted by Gasteiger charge is -1.93. The van der Waals surface area contributed by atoms with Gasteiger partial charge in [0.1, 0.15) is 4.88 Å². The summed E-state index contributed by atoms with van der Waals surface area (Å²) in [5, 5.41) is 5.16.